The van der Waals surface area contributed by atoms with Gasteiger partial charge in [0.15, 0.2) is 0 Å². The Balaban J connectivity index is 1.42. The molecule has 3 N–H and O–H groups in total. The van der Waals surface area contributed by atoms with E-state index in [-0.39, 0.29) is 11.3 Å². The number of nitrogens with one attached hydrogen (secondary N) is 1. The monoisotopic (exact) mass is 220 g/mol. The van der Waals surface area contributed by atoms with Gasteiger partial charge in [-0.1, -0.05) is 0 Å². The highest BCUT2D eigenvalue weighted by Crippen LogP contribution is 2.65. The first-order chi connectivity index (χ1) is 7.75. The van der Waals surface area contributed by atoms with E-state index in [1.807, 2.05) is 0 Å². The summed E-state index contributed by atoms with van der Waals surface area (Å²) in [5, 5.41) is 3.29. The Morgan fingerprint density at radius 1 is 1.25 bits per heavy atom. The van der Waals surface area contributed by atoms with Gasteiger partial charge in [-0.2, -0.15) is 0 Å². The lowest BCUT2D eigenvalue weighted by molar-refractivity contribution is -0.126. The summed E-state index contributed by atoms with van der Waals surface area (Å²) in [6, 6.07) is 0.530. The molecule has 0 heterocycles. The van der Waals surface area contributed by atoms with E-state index in [2.05, 4.69) is 5.32 Å². The third kappa shape index (κ3) is 1.05. The van der Waals surface area contributed by atoms with Crippen LogP contribution >= 0.6 is 0 Å². The molecule has 4 saturated carbocycles. The standard InChI is InChI=1S/C13H20N2O/c14-6-13(3-4-13)12(16)15-11-9-7-1-2-8(5-7)10(9)11/h7-11H,1-6,14H2,(H,15,16). The number of amides is 1. The van der Waals surface area contributed by atoms with Crippen molar-refractivity contribution in [1.29, 1.82) is 0 Å². The van der Waals surface area contributed by atoms with Gasteiger partial charge >= 0.3 is 0 Å². The molecule has 0 spiro atoms. The summed E-state index contributed by atoms with van der Waals surface area (Å²) >= 11 is 0. The molecule has 1 amide bonds. The van der Waals surface area contributed by atoms with Crippen LogP contribution in [0.25, 0.3) is 0 Å². The van der Waals surface area contributed by atoms with Gasteiger partial charge in [-0.05, 0) is 55.8 Å². The van der Waals surface area contributed by atoms with Crippen molar-refractivity contribution in [3.05, 3.63) is 0 Å². The maximum atomic E-state index is 12.1. The first kappa shape index (κ1) is 9.46. The quantitative estimate of drug-likeness (QED) is 0.742. The van der Waals surface area contributed by atoms with Crippen LogP contribution in [0, 0.1) is 29.1 Å². The third-order valence-electron chi connectivity index (χ3n) is 5.76. The normalized spacial score (nSPS) is 49.9. The largest absolute Gasteiger partial charge is 0.352 e. The molecule has 0 aromatic heterocycles. The second-order valence-corrected chi connectivity index (χ2v) is 6.47. The summed E-state index contributed by atoms with van der Waals surface area (Å²) in [6.45, 7) is 0.535. The van der Waals surface area contributed by atoms with Gasteiger partial charge in [0, 0.05) is 12.6 Å². The fourth-order valence-corrected chi connectivity index (χ4v) is 4.50. The minimum atomic E-state index is -0.157. The highest BCUT2D eigenvalue weighted by Gasteiger charge is 2.66. The van der Waals surface area contributed by atoms with Crippen molar-refractivity contribution in [2.24, 2.45) is 34.8 Å². The zero-order chi connectivity index (χ0) is 10.9. The summed E-state index contributed by atoms with van der Waals surface area (Å²) in [5.74, 6) is 3.82. The first-order valence-corrected chi connectivity index (χ1v) is 6.76. The molecule has 0 saturated heterocycles. The molecule has 3 nitrogen and oxygen atoms in total. The number of hydrogen-bond donors (Lipinski definition) is 2. The molecule has 4 fully saturated rings. The Kier molecular flexibility index (Phi) is 1.66. The average molecular weight is 220 g/mol. The fourth-order valence-electron chi connectivity index (χ4n) is 4.50. The predicted octanol–water partition coefficient (Wildman–Crippen LogP) is 0.886. The van der Waals surface area contributed by atoms with Crippen LogP contribution in [0.2, 0.25) is 0 Å². The second kappa shape index (κ2) is 2.81. The fraction of sp³-hybridized carbons (Fsp3) is 0.923. The van der Waals surface area contributed by atoms with E-state index in [0.717, 1.165) is 36.5 Å². The Labute approximate surface area is 96.1 Å². The lowest BCUT2D eigenvalue weighted by Gasteiger charge is -2.15. The van der Waals surface area contributed by atoms with E-state index in [1.54, 1.807) is 0 Å². The smallest absolute Gasteiger partial charge is 0.227 e. The van der Waals surface area contributed by atoms with Crippen LogP contribution in [-0.2, 0) is 4.79 Å². The molecular formula is C13H20N2O. The molecule has 16 heavy (non-hydrogen) atoms. The second-order valence-electron chi connectivity index (χ2n) is 6.47. The summed E-state index contributed by atoms with van der Waals surface area (Å²) in [7, 11) is 0. The van der Waals surface area contributed by atoms with Crippen LogP contribution in [0.3, 0.4) is 0 Å². The topological polar surface area (TPSA) is 55.1 Å². The third-order valence-corrected chi connectivity index (χ3v) is 5.76. The molecule has 88 valence electrons. The van der Waals surface area contributed by atoms with E-state index >= 15 is 0 Å². The van der Waals surface area contributed by atoms with Gasteiger partial charge in [0.05, 0.1) is 5.41 Å². The molecular weight excluding hydrogens is 200 g/mol. The van der Waals surface area contributed by atoms with E-state index in [4.69, 9.17) is 5.73 Å². The van der Waals surface area contributed by atoms with E-state index in [1.165, 1.54) is 19.3 Å². The van der Waals surface area contributed by atoms with Crippen molar-refractivity contribution in [1.82, 2.24) is 5.32 Å². The SMILES string of the molecule is NCC1(C(=O)NC2C3C4CCC(C4)C23)CC1. The molecule has 0 aromatic rings. The van der Waals surface area contributed by atoms with Crippen LogP contribution in [-0.4, -0.2) is 18.5 Å². The Morgan fingerprint density at radius 3 is 2.38 bits per heavy atom. The van der Waals surface area contributed by atoms with Gasteiger partial charge in [-0.15, -0.1) is 0 Å². The van der Waals surface area contributed by atoms with Crippen molar-refractivity contribution in [2.75, 3.05) is 6.54 Å². The van der Waals surface area contributed by atoms with Crippen molar-refractivity contribution in [2.45, 2.75) is 38.1 Å². The molecule has 4 atom stereocenters. The van der Waals surface area contributed by atoms with Crippen molar-refractivity contribution in [3.8, 4) is 0 Å². The zero-order valence-electron chi connectivity index (χ0n) is 9.61. The van der Waals surface area contributed by atoms with E-state index in [0.29, 0.717) is 12.6 Å². The van der Waals surface area contributed by atoms with E-state index < -0.39 is 0 Å². The summed E-state index contributed by atoms with van der Waals surface area (Å²) in [4.78, 5) is 12.1. The number of carbonyl (C=O) groups is 1. The summed E-state index contributed by atoms with van der Waals surface area (Å²) < 4.78 is 0. The predicted molar refractivity (Wildman–Crippen MR) is 60.5 cm³/mol. The molecule has 3 heteroatoms. The minimum Gasteiger partial charge on any atom is -0.352 e. The molecule has 4 aliphatic carbocycles. The van der Waals surface area contributed by atoms with Crippen molar-refractivity contribution >= 4 is 5.91 Å². The molecule has 4 rings (SSSR count). The number of hydrogen-bond acceptors (Lipinski definition) is 2. The Hall–Kier alpha value is -0.570. The van der Waals surface area contributed by atoms with Gasteiger partial charge in [-0.25, -0.2) is 0 Å². The zero-order valence-corrected chi connectivity index (χ0v) is 9.61. The molecule has 4 aliphatic rings. The van der Waals surface area contributed by atoms with Crippen LogP contribution in [0.1, 0.15) is 32.1 Å². The van der Waals surface area contributed by atoms with Crippen LogP contribution < -0.4 is 11.1 Å². The van der Waals surface area contributed by atoms with Crippen molar-refractivity contribution < 1.29 is 4.79 Å². The summed E-state index contributed by atoms with van der Waals surface area (Å²) in [5.41, 5.74) is 5.53. The van der Waals surface area contributed by atoms with Gasteiger partial charge in [0.1, 0.15) is 0 Å². The summed E-state index contributed by atoms with van der Waals surface area (Å²) in [6.07, 6.45) is 6.29. The molecule has 2 bridgehead atoms. The van der Waals surface area contributed by atoms with Crippen molar-refractivity contribution in [3.63, 3.8) is 0 Å². The van der Waals surface area contributed by atoms with E-state index in [9.17, 15) is 4.79 Å². The van der Waals surface area contributed by atoms with Gasteiger partial charge < -0.3 is 11.1 Å². The lowest BCUT2D eigenvalue weighted by atomic mass is 10.0. The molecule has 0 aromatic carbocycles. The number of nitrogens with two attached hydrogens (primary N) is 1. The number of fused-ring (bicyclic) bond motifs is 5. The van der Waals surface area contributed by atoms with Crippen LogP contribution in [0.15, 0.2) is 0 Å². The highest BCUT2D eigenvalue weighted by molar-refractivity contribution is 5.86. The molecule has 0 radical (unpaired) electrons. The number of rotatable bonds is 3. The first-order valence-electron chi connectivity index (χ1n) is 6.76. The average Bonchev–Trinajstić information content (AvgIpc) is 3.16. The van der Waals surface area contributed by atoms with Crippen LogP contribution in [0.5, 0.6) is 0 Å². The Bertz CT molecular complexity index is 334. The molecule has 0 aliphatic heterocycles. The molecule has 4 unspecified atom stereocenters. The van der Waals surface area contributed by atoms with Gasteiger partial charge in [0.2, 0.25) is 5.91 Å². The lowest BCUT2D eigenvalue weighted by Crippen LogP contribution is -2.39. The van der Waals surface area contributed by atoms with Gasteiger partial charge in [-0.3, -0.25) is 4.79 Å². The van der Waals surface area contributed by atoms with Gasteiger partial charge in [0.25, 0.3) is 0 Å². The highest BCUT2D eigenvalue weighted by atomic mass is 16.2. The Morgan fingerprint density at radius 2 is 1.88 bits per heavy atom. The van der Waals surface area contributed by atoms with Crippen LogP contribution in [0.4, 0.5) is 0 Å². The maximum absolute atomic E-state index is 12.1. The minimum absolute atomic E-state index is 0.157. The maximum Gasteiger partial charge on any atom is 0.227 e. The number of carbonyl (C=O) groups excluding carboxylic acids is 1.